The molecule has 3 aromatic rings. The highest BCUT2D eigenvalue weighted by Crippen LogP contribution is 2.40. The molecule has 0 saturated carbocycles. The first-order valence-corrected chi connectivity index (χ1v) is 11.3. The van der Waals surface area contributed by atoms with Gasteiger partial charge in [0.2, 0.25) is 0 Å². The largest absolute Gasteiger partial charge is 0.497 e. The number of carbonyl (C=O) groups excluding carboxylic acids is 1. The lowest BCUT2D eigenvalue weighted by Gasteiger charge is -2.45. The third kappa shape index (κ3) is 4.08. The van der Waals surface area contributed by atoms with E-state index in [4.69, 9.17) is 4.74 Å². The fourth-order valence-corrected chi connectivity index (χ4v) is 5.03. The number of para-hydroxylation sites is 1. The normalized spacial score (nSPS) is 19.3. The summed E-state index contributed by atoms with van der Waals surface area (Å²) in [4.78, 5) is 17.8. The smallest absolute Gasteiger partial charge is 0.322 e. The van der Waals surface area contributed by atoms with Crippen LogP contribution in [0.4, 0.5) is 10.5 Å². The first kappa shape index (κ1) is 20.6. The van der Waals surface area contributed by atoms with E-state index in [1.165, 1.54) is 5.56 Å². The van der Waals surface area contributed by atoms with Crippen molar-refractivity contribution in [3.63, 3.8) is 0 Å². The number of nitrogens with zero attached hydrogens (tertiary/aromatic N) is 2. The van der Waals surface area contributed by atoms with Gasteiger partial charge in [-0.15, -0.1) is 0 Å². The van der Waals surface area contributed by atoms with Gasteiger partial charge in [0, 0.05) is 36.9 Å². The first-order valence-electron chi connectivity index (χ1n) is 11.3. The molecule has 1 atom stereocenters. The van der Waals surface area contributed by atoms with Crippen LogP contribution in [-0.4, -0.2) is 42.1 Å². The summed E-state index contributed by atoms with van der Waals surface area (Å²) in [5.41, 5.74) is 4.50. The molecule has 0 radical (unpaired) electrons. The Hall–Kier alpha value is -3.31. The van der Waals surface area contributed by atoms with Crippen LogP contribution < -0.4 is 10.1 Å². The number of methoxy groups -OCH3 is 1. The summed E-state index contributed by atoms with van der Waals surface area (Å²) in [6, 6.07) is 27.0. The van der Waals surface area contributed by atoms with E-state index in [1.807, 2.05) is 30.3 Å². The van der Waals surface area contributed by atoms with Gasteiger partial charge < -0.3 is 15.0 Å². The van der Waals surface area contributed by atoms with Crippen molar-refractivity contribution in [1.29, 1.82) is 0 Å². The molecule has 0 aromatic heterocycles. The van der Waals surface area contributed by atoms with Crippen LogP contribution in [0.1, 0.15) is 35.6 Å². The standard InChI is InChI=1S/C27H29N3O2/c1-32-23-11-7-8-20(18-23)19-29-16-14-22(15-17-29)30-26(21-9-3-2-4-10-21)24-12-5-6-13-25(24)28-27(30)31/h2-13,18,22,26H,14-17,19H2,1H3,(H,28,31). The van der Waals surface area contributed by atoms with Gasteiger partial charge in [0.15, 0.2) is 0 Å². The molecule has 1 unspecified atom stereocenters. The average molecular weight is 428 g/mol. The second-order valence-corrected chi connectivity index (χ2v) is 8.60. The fourth-order valence-electron chi connectivity index (χ4n) is 5.03. The second-order valence-electron chi connectivity index (χ2n) is 8.60. The van der Waals surface area contributed by atoms with E-state index in [1.54, 1.807) is 7.11 Å². The van der Waals surface area contributed by atoms with Crippen molar-refractivity contribution in [2.24, 2.45) is 0 Å². The van der Waals surface area contributed by atoms with Gasteiger partial charge in [0.05, 0.1) is 13.2 Å². The van der Waals surface area contributed by atoms with Crippen LogP contribution >= 0.6 is 0 Å². The van der Waals surface area contributed by atoms with Gasteiger partial charge in [-0.05, 0) is 42.2 Å². The zero-order valence-electron chi connectivity index (χ0n) is 18.4. The summed E-state index contributed by atoms with van der Waals surface area (Å²) < 4.78 is 5.37. The van der Waals surface area contributed by atoms with E-state index in [0.29, 0.717) is 0 Å². The number of hydrogen-bond acceptors (Lipinski definition) is 3. The maximum Gasteiger partial charge on any atom is 0.322 e. The van der Waals surface area contributed by atoms with Gasteiger partial charge in [-0.3, -0.25) is 4.90 Å². The van der Waals surface area contributed by atoms with Gasteiger partial charge in [0.1, 0.15) is 5.75 Å². The van der Waals surface area contributed by atoms with E-state index in [0.717, 1.165) is 55.0 Å². The highest BCUT2D eigenvalue weighted by molar-refractivity contribution is 5.93. The molecular weight excluding hydrogens is 398 g/mol. The first-order chi connectivity index (χ1) is 15.7. The molecule has 164 valence electrons. The van der Waals surface area contributed by atoms with Crippen LogP contribution in [0, 0.1) is 0 Å². The molecule has 32 heavy (non-hydrogen) atoms. The van der Waals surface area contributed by atoms with E-state index >= 15 is 0 Å². The number of nitrogens with one attached hydrogen (secondary N) is 1. The number of urea groups is 1. The molecule has 3 aromatic carbocycles. The van der Waals surface area contributed by atoms with Gasteiger partial charge in [-0.1, -0.05) is 60.7 Å². The number of piperidine rings is 1. The third-order valence-corrected chi connectivity index (χ3v) is 6.62. The SMILES string of the molecule is COc1cccc(CN2CCC(N3C(=O)Nc4ccccc4C3c3ccccc3)CC2)c1. The number of amides is 2. The highest BCUT2D eigenvalue weighted by Gasteiger charge is 2.38. The lowest BCUT2D eigenvalue weighted by molar-refractivity contribution is 0.106. The quantitative estimate of drug-likeness (QED) is 0.601. The van der Waals surface area contributed by atoms with Crippen LogP contribution in [0.15, 0.2) is 78.9 Å². The van der Waals surface area contributed by atoms with Gasteiger partial charge in [-0.2, -0.15) is 0 Å². The molecule has 0 bridgehead atoms. The van der Waals surface area contributed by atoms with Crippen molar-refractivity contribution in [3.8, 4) is 5.75 Å². The molecule has 5 heteroatoms. The Labute approximate surface area is 189 Å². The number of anilines is 1. The van der Waals surface area contributed by atoms with Crippen molar-refractivity contribution >= 4 is 11.7 Å². The topological polar surface area (TPSA) is 44.8 Å². The molecule has 1 N–H and O–H groups in total. The highest BCUT2D eigenvalue weighted by atomic mass is 16.5. The third-order valence-electron chi connectivity index (χ3n) is 6.62. The maximum atomic E-state index is 13.3. The molecule has 2 aliphatic heterocycles. The molecule has 0 aliphatic carbocycles. The van der Waals surface area contributed by atoms with Crippen molar-refractivity contribution in [2.75, 3.05) is 25.5 Å². The Bertz CT molecular complexity index is 1080. The minimum atomic E-state index is -0.0592. The van der Waals surface area contributed by atoms with Gasteiger partial charge >= 0.3 is 6.03 Å². The van der Waals surface area contributed by atoms with Crippen LogP contribution in [0.5, 0.6) is 5.75 Å². The van der Waals surface area contributed by atoms with Crippen LogP contribution in [-0.2, 0) is 6.54 Å². The predicted molar refractivity (Wildman–Crippen MR) is 127 cm³/mol. The molecule has 0 spiro atoms. The van der Waals surface area contributed by atoms with Gasteiger partial charge in [-0.25, -0.2) is 4.79 Å². The summed E-state index contributed by atoms with van der Waals surface area (Å²) >= 11 is 0. The number of benzene rings is 3. The zero-order valence-corrected chi connectivity index (χ0v) is 18.4. The van der Waals surface area contributed by atoms with Crippen LogP contribution in [0.3, 0.4) is 0 Å². The summed E-state index contributed by atoms with van der Waals surface area (Å²) in [6.07, 6.45) is 1.92. The van der Waals surface area contributed by atoms with Crippen molar-refractivity contribution in [1.82, 2.24) is 9.80 Å². The molecule has 2 amide bonds. The fraction of sp³-hybridized carbons (Fsp3) is 0.296. The lowest BCUT2D eigenvalue weighted by atomic mass is 9.90. The van der Waals surface area contributed by atoms with E-state index in [9.17, 15) is 4.79 Å². The average Bonchev–Trinajstić information content (AvgIpc) is 2.84. The number of carbonyl (C=O) groups is 1. The molecule has 2 aliphatic rings. The Morgan fingerprint density at radius 1 is 0.938 bits per heavy atom. The Morgan fingerprint density at radius 3 is 2.47 bits per heavy atom. The maximum absolute atomic E-state index is 13.3. The lowest BCUT2D eigenvalue weighted by Crippen LogP contribution is -2.52. The minimum absolute atomic E-state index is 0.00352. The van der Waals surface area contributed by atoms with E-state index < -0.39 is 0 Å². The number of rotatable bonds is 5. The summed E-state index contributed by atoms with van der Waals surface area (Å²) in [5.74, 6) is 0.895. The van der Waals surface area contributed by atoms with Crippen molar-refractivity contribution in [3.05, 3.63) is 95.6 Å². The predicted octanol–water partition coefficient (Wildman–Crippen LogP) is 5.30. The van der Waals surface area contributed by atoms with Crippen molar-refractivity contribution in [2.45, 2.75) is 31.5 Å². The summed E-state index contributed by atoms with van der Waals surface area (Å²) in [6.45, 7) is 2.84. The Balaban J connectivity index is 1.35. The van der Waals surface area contributed by atoms with E-state index in [-0.39, 0.29) is 18.1 Å². The molecule has 5 rings (SSSR count). The van der Waals surface area contributed by atoms with Crippen molar-refractivity contribution < 1.29 is 9.53 Å². The van der Waals surface area contributed by atoms with Crippen LogP contribution in [0.2, 0.25) is 0 Å². The molecular formula is C27H29N3O2. The number of likely N-dealkylation sites (tertiary alicyclic amines) is 1. The second kappa shape index (κ2) is 9.05. The van der Waals surface area contributed by atoms with Crippen LogP contribution in [0.25, 0.3) is 0 Å². The Morgan fingerprint density at radius 2 is 1.69 bits per heavy atom. The van der Waals surface area contributed by atoms with E-state index in [2.05, 4.69) is 63.6 Å². The molecule has 1 saturated heterocycles. The number of fused-ring (bicyclic) bond motifs is 1. The monoisotopic (exact) mass is 427 g/mol. The summed E-state index contributed by atoms with van der Waals surface area (Å²) in [7, 11) is 1.70. The number of hydrogen-bond donors (Lipinski definition) is 1. The number of ether oxygens (including phenoxy) is 1. The molecule has 5 nitrogen and oxygen atoms in total. The Kier molecular flexibility index (Phi) is 5.82. The zero-order chi connectivity index (χ0) is 21.9. The van der Waals surface area contributed by atoms with Gasteiger partial charge in [0.25, 0.3) is 0 Å². The summed E-state index contributed by atoms with van der Waals surface area (Å²) in [5, 5.41) is 3.13. The molecule has 1 fully saturated rings. The minimum Gasteiger partial charge on any atom is -0.497 e. The molecule has 2 heterocycles.